The topological polar surface area (TPSA) is 92.3 Å². The molecule has 114 valence electrons. The van der Waals surface area contributed by atoms with Crippen LogP contribution < -0.4 is 10.1 Å². The summed E-state index contributed by atoms with van der Waals surface area (Å²) in [6.07, 6.45) is 1.64. The van der Waals surface area contributed by atoms with Crippen LogP contribution in [0.2, 0.25) is 0 Å². The number of nitrogens with one attached hydrogen (secondary N) is 2. The Bertz CT molecular complexity index is 914. The van der Waals surface area contributed by atoms with Gasteiger partial charge in [0.05, 0.1) is 12.8 Å². The van der Waals surface area contributed by atoms with E-state index in [0.29, 0.717) is 5.52 Å². The van der Waals surface area contributed by atoms with Crippen molar-refractivity contribution in [2.45, 2.75) is 5.92 Å². The van der Waals surface area contributed by atoms with E-state index in [0.717, 1.165) is 28.2 Å². The molecule has 7 nitrogen and oxygen atoms in total. The summed E-state index contributed by atoms with van der Waals surface area (Å²) in [4.78, 5) is 16.6. The molecule has 2 aromatic carbocycles. The Hall–Kier alpha value is -3.22. The molecule has 0 aliphatic carbocycles. The highest BCUT2D eigenvalue weighted by Crippen LogP contribution is 2.36. The standard InChI is InChI=1S/C16H13N5O2/c1-23-10-4-2-9(3-5-10)17-8-11-14-12(18-16(11)22)6-7-13-15(14)20-21-19-13/h2-8,11H,1H3,(H,18,22)(H,19,20,21). The third kappa shape index (κ3) is 2.22. The van der Waals surface area contributed by atoms with Gasteiger partial charge < -0.3 is 10.1 Å². The molecule has 0 saturated carbocycles. The molecule has 1 aromatic heterocycles. The van der Waals surface area contributed by atoms with Gasteiger partial charge in [-0.05, 0) is 36.4 Å². The molecule has 2 heterocycles. The number of carbonyl (C=O) groups excluding carboxylic acids is 1. The van der Waals surface area contributed by atoms with Gasteiger partial charge in [0.2, 0.25) is 5.91 Å². The lowest BCUT2D eigenvalue weighted by Gasteiger charge is -2.03. The monoisotopic (exact) mass is 307 g/mol. The van der Waals surface area contributed by atoms with Crippen LogP contribution in [0.15, 0.2) is 41.4 Å². The maximum atomic E-state index is 12.2. The summed E-state index contributed by atoms with van der Waals surface area (Å²) in [5, 5.41) is 13.6. The molecule has 0 bridgehead atoms. The van der Waals surface area contributed by atoms with Gasteiger partial charge in [-0.15, -0.1) is 0 Å². The van der Waals surface area contributed by atoms with E-state index in [4.69, 9.17) is 4.74 Å². The van der Waals surface area contributed by atoms with Crippen molar-refractivity contribution in [1.29, 1.82) is 0 Å². The van der Waals surface area contributed by atoms with E-state index in [9.17, 15) is 4.79 Å². The summed E-state index contributed by atoms with van der Waals surface area (Å²) in [7, 11) is 1.61. The predicted molar refractivity (Wildman–Crippen MR) is 86.4 cm³/mol. The Morgan fingerprint density at radius 2 is 2.00 bits per heavy atom. The summed E-state index contributed by atoms with van der Waals surface area (Å²) in [6.45, 7) is 0. The summed E-state index contributed by atoms with van der Waals surface area (Å²) in [6, 6.07) is 11.0. The van der Waals surface area contributed by atoms with Crippen LogP contribution >= 0.6 is 0 Å². The molecule has 0 radical (unpaired) electrons. The molecule has 1 amide bonds. The number of aliphatic imine (C=N–C) groups is 1. The molecule has 1 aliphatic rings. The van der Waals surface area contributed by atoms with Gasteiger partial charge >= 0.3 is 0 Å². The first kappa shape index (κ1) is 13.4. The van der Waals surface area contributed by atoms with Gasteiger partial charge in [-0.3, -0.25) is 9.79 Å². The number of methoxy groups -OCH3 is 1. The fraction of sp³-hybridized carbons (Fsp3) is 0.125. The second-order valence-electron chi connectivity index (χ2n) is 5.16. The molecule has 0 spiro atoms. The average Bonchev–Trinajstić information content (AvgIpc) is 3.16. The van der Waals surface area contributed by atoms with Gasteiger partial charge in [-0.25, -0.2) is 0 Å². The van der Waals surface area contributed by atoms with Gasteiger partial charge in [0.25, 0.3) is 0 Å². The second kappa shape index (κ2) is 5.20. The maximum Gasteiger partial charge on any atom is 0.237 e. The molecule has 7 heteroatoms. The summed E-state index contributed by atoms with van der Waals surface area (Å²) < 4.78 is 5.12. The Labute approximate surface area is 131 Å². The number of aromatic amines is 1. The van der Waals surface area contributed by atoms with E-state index in [-0.39, 0.29) is 5.91 Å². The van der Waals surface area contributed by atoms with Gasteiger partial charge in [0.1, 0.15) is 22.7 Å². The van der Waals surface area contributed by atoms with E-state index in [2.05, 4.69) is 25.7 Å². The van der Waals surface area contributed by atoms with Crippen molar-refractivity contribution < 1.29 is 9.53 Å². The third-order valence-electron chi connectivity index (χ3n) is 3.82. The minimum atomic E-state index is -0.485. The van der Waals surface area contributed by atoms with Crippen LogP contribution in [0, 0.1) is 0 Å². The van der Waals surface area contributed by atoms with Crippen molar-refractivity contribution in [3.63, 3.8) is 0 Å². The fourth-order valence-corrected chi connectivity index (χ4v) is 2.67. The quantitative estimate of drug-likeness (QED) is 0.727. The van der Waals surface area contributed by atoms with Crippen molar-refractivity contribution in [3.05, 3.63) is 42.0 Å². The van der Waals surface area contributed by atoms with Crippen molar-refractivity contribution in [2.24, 2.45) is 4.99 Å². The van der Waals surface area contributed by atoms with Crippen LogP contribution in [0.4, 0.5) is 11.4 Å². The molecular formula is C16H13N5O2. The second-order valence-corrected chi connectivity index (χ2v) is 5.16. The number of fused-ring (bicyclic) bond motifs is 3. The van der Waals surface area contributed by atoms with Crippen LogP contribution in [0.3, 0.4) is 0 Å². The van der Waals surface area contributed by atoms with Gasteiger partial charge in [0, 0.05) is 17.5 Å². The zero-order valence-corrected chi connectivity index (χ0v) is 12.3. The van der Waals surface area contributed by atoms with Gasteiger partial charge in [-0.2, -0.15) is 15.4 Å². The van der Waals surface area contributed by atoms with E-state index in [1.807, 2.05) is 36.4 Å². The predicted octanol–water partition coefficient (Wildman–Crippen LogP) is 2.40. The van der Waals surface area contributed by atoms with E-state index >= 15 is 0 Å². The zero-order valence-electron chi connectivity index (χ0n) is 12.3. The highest BCUT2D eigenvalue weighted by molar-refractivity contribution is 6.15. The first-order valence-corrected chi connectivity index (χ1v) is 7.09. The molecular weight excluding hydrogens is 294 g/mol. The minimum absolute atomic E-state index is 0.118. The molecule has 1 atom stereocenters. The number of anilines is 1. The number of carbonyl (C=O) groups is 1. The first-order chi connectivity index (χ1) is 11.3. The SMILES string of the molecule is COc1ccc(N=CC2C(=O)Nc3ccc4n[nH]nc4c32)cc1. The zero-order chi connectivity index (χ0) is 15.8. The number of benzene rings is 2. The molecule has 1 aliphatic heterocycles. The van der Waals surface area contributed by atoms with Crippen LogP contribution in [0.1, 0.15) is 11.5 Å². The highest BCUT2D eigenvalue weighted by Gasteiger charge is 2.32. The Balaban J connectivity index is 1.71. The molecule has 0 saturated heterocycles. The van der Waals surface area contributed by atoms with Crippen molar-refractivity contribution in [3.8, 4) is 5.75 Å². The van der Waals surface area contributed by atoms with Crippen molar-refractivity contribution in [1.82, 2.24) is 15.4 Å². The lowest BCUT2D eigenvalue weighted by Crippen LogP contribution is -2.13. The van der Waals surface area contributed by atoms with Crippen LogP contribution in [-0.4, -0.2) is 34.6 Å². The Kier molecular flexibility index (Phi) is 3.04. The fourth-order valence-electron chi connectivity index (χ4n) is 2.67. The number of rotatable bonds is 3. The van der Waals surface area contributed by atoms with Crippen molar-refractivity contribution in [2.75, 3.05) is 12.4 Å². The van der Waals surface area contributed by atoms with Crippen LogP contribution in [0.5, 0.6) is 5.75 Å². The Morgan fingerprint density at radius 1 is 1.17 bits per heavy atom. The summed E-state index contributed by atoms with van der Waals surface area (Å²) in [5.74, 6) is 0.158. The molecule has 1 unspecified atom stereocenters. The molecule has 0 fully saturated rings. The van der Waals surface area contributed by atoms with Gasteiger partial charge in [0.15, 0.2) is 0 Å². The number of aromatic nitrogens is 3. The van der Waals surface area contributed by atoms with E-state index in [1.165, 1.54) is 0 Å². The van der Waals surface area contributed by atoms with Gasteiger partial charge in [-0.1, -0.05) is 0 Å². The molecule has 4 rings (SSSR count). The van der Waals surface area contributed by atoms with Crippen molar-refractivity contribution >= 4 is 34.5 Å². The number of ether oxygens (including phenoxy) is 1. The largest absolute Gasteiger partial charge is 0.497 e. The smallest absolute Gasteiger partial charge is 0.237 e. The van der Waals surface area contributed by atoms with Crippen LogP contribution in [-0.2, 0) is 4.79 Å². The van der Waals surface area contributed by atoms with E-state index < -0.39 is 5.92 Å². The number of H-pyrrole nitrogens is 1. The number of amides is 1. The normalized spacial score (nSPS) is 16.7. The average molecular weight is 307 g/mol. The maximum absolute atomic E-state index is 12.2. The number of hydrogen-bond acceptors (Lipinski definition) is 5. The van der Waals surface area contributed by atoms with Crippen LogP contribution in [0.25, 0.3) is 11.0 Å². The minimum Gasteiger partial charge on any atom is -0.497 e. The molecule has 23 heavy (non-hydrogen) atoms. The third-order valence-corrected chi connectivity index (χ3v) is 3.82. The number of hydrogen-bond donors (Lipinski definition) is 2. The summed E-state index contributed by atoms with van der Waals surface area (Å²) >= 11 is 0. The van der Waals surface area contributed by atoms with E-state index in [1.54, 1.807) is 13.3 Å². The lowest BCUT2D eigenvalue weighted by molar-refractivity contribution is -0.115. The highest BCUT2D eigenvalue weighted by atomic mass is 16.5. The molecule has 3 aromatic rings. The first-order valence-electron chi connectivity index (χ1n) is 7.09. The molecule has 2 N–H and O–H groups in total. The Morgan fingerprint density at radius 3 is 2.78 bits per heavy atom. The summed E-state index contributed by atoms with van der Waals surface area (Å²) in [5.41, 5.74) is 3.72. The lowest BCUT2D eigenvalue weighted by atomic mass is 10.0. The number of nitrogens with zero attached hydrogens (tertiary/aromatic N) is 3.